The van der Waals surface area contributed by atoms with Gasteiger partial charge in [0, 0.05) is 24.0 Å². The van der Waals surface area contributed by atoms with Crippen LogP contribution in [0.15, 0.2) is 12.3 Å². The molecule has 2 fully saturated rings. The molecule has 3 atom stereocenters. The molecule has 2 aliphatic heterocycles. The van der Waals surface area contributed by atoms with Crippen LogP contribution >= 0.6 is 0 Å². The van der Waals surface area contributed by atoms with Crippen molar-refractivity contribution in [1.29, 1.82) is 0 Å². The number of aromatic nitrogens is 1. The fourth-order valence-corrected chi connectivity index (χ4v) is 5.10. The molecule has 2 bridgehead atoms. The first-order valence-corrected chi connectivity index (χ1v) is 9.10. The van der Waals surface area contributed by atoms with Gasteiger partial charge in [-0.2, -0.15) is 0 Å². The monoisotopic (exact) mass is 328 g/mol. The van der Waals surface area contributed by atoms with Gasteiger partial charge < -0.3 is 10.0 Å². The van der Waals surface area contributed by atoms with E-state index in [0.29, 0.717) is 18.4 Å². The van der Waals surface area contributed by atoms with Crippen molar-refractivity contribution in [2.75, 3.05) is 0 Å². The van der Waals surface area contributed by atoms with Gasteiger partial charge in [-0.3, -0.25) is 14.6 Å². The number of fused-ring (bicyclic) bond motifs is 3. The highest BCUT2D eigenvalue weighted by atomic mass is 16.4. The van der Waals surface area contributed by atoms with Crippen molar-refractivity contribution >= 4 is 11.9 Å². The largest absolute Gasteiger partial charge is 0.481 e. The Kier molecular flexibility index (Phi) is 3.62. The van der Waals surface area contributed by atoms with Crippen LogP contribution in [0.5, 0.6) is 0 Å². The van der Waals surface area contributed by atoms with E-state index in [9.17, 15) is 14.7 Å². The smallest absolute Gasteiger partial charge is 0.311 e. The van der Waals surface area contributed by atoms with Gasteiger partial charge in [0.15, 0.2) is 0 Å². The van der Waals surface area contributed by atoms with Gasteiger partial charge in [0.1, 0.15) is 0 Å². The number of aryl methyl sites for hydroxylation is 2. The first-order chi connectivity index (χ1) is 11.6. The van der Waals surface area contributed by atoms with Crippen molar-refractivity contribution < 1.29 is 14.7 Å². The number of amides is 1. The highest BCUT2D eigenvalue weighted by molar-refractivity contribution is 5.96. The maximum absolute atomic E-state index is 13.1. The van der Waals surface area contributed by atoms with Crippen molar-refractivity contribution in [1.82, 2.24) is 9.88 Å². The first-order valence-electron chi connectivity index (χ1n) is 9.10. The van der Waals surface area contributed by atoms with E-state index in [2.05, 4.69) is 4.98 Å². The molecule has 1 aromatic rings. The van der Waals surface area contributed by atoms with Crippen molar-refractivity contribution in [2.24, 2.45) is 5.41 Å². The molecule has 3 heterocycles. The van der Waals surface area contributed by atoms with Crippen LogP contribution in [0.25, 0.3) is 0 Å². The minimum absolute atomic E-state index is 0.0278. The molecule has 0 saturated carbocycles. The second-order valence-electron chi connectivity index (χ2n) is 7.52. The van der Waals surface area contributed by atoms with Crippen molar-refractivity contribution in [3.05, 3.63) is 29.1 Å². The molecule has 4 rings (SSSR count). The van der Waals surface area contributed by atoms with E-state index in [4.69, 9.17) is 0 Å². The van der Waals surface area contributed by atoms with E-state index in [1.807, 2.05) is 17.9 Å². The fourth-order valence-electron chi connectivity index (χ4n) is 5.10. The van der Waals surface area contributed by atoms with E-state index in [1.165, 1.54) is 12.0 Å². The van der Waals surface area contributed by atoms with Crippen molar-refractivity contribution in [3.8, 4) is 0 Å². The zero-order chi connectivity index (χ0) is 16.9. The Labute approximate surface area is 142 Å². The lowest BCUT2D eigenvalue weighted by atomic mass is 9.72. The summed E-state index contributed by atoms with van der Waals surface area (Å²) in [5.74, 6) is -0.779. The third-order valence-electron chi connectivity index (χ3n) is 6.45. The maximum atomic E-state index is 13.1. The predicted molar refractivity (Wildman–Crippen MR) is 88.8 cm³/mol. The van der Waals surface area contributed by atoms with Gasteiger partial charge in [-0.05, 0) is 63.0 Å². The molecule has 5 heteroatoms. The number of carbonyl (C=O) groups excluding carboxylic acids is 1. The number of carbonyl (C=O) groups is 2. The van der Waals surface area contributed by atoms with Gasteiger partial charge in [-0.15, -0.1) is 0 Å². The molecular weight excluding hydrogens is 304 g/mol. The SMILES string of the molecule is CC[C@@]1(C(=O)O)C[C@@H]2CC[C@H]1N2C(=O)c1cnc2c(c1)CCCC2. The second-order valence-corrected chi connectivity index (χ2v) is 7.52. The van der Waals surface area contributed by atoms with Crippen LogP contribution in [0.4, 0.5) is 0 Å². The van der Waals surface area contributed by atoms with Crippen LogP contribution in [0, 0.1) is 5.41 Å². The normalized spacial score (nSPS) is 31.1. The Morgan fingerprint density at radius 3 is 2.83 bits per heavy atom. The highest BCUT2D eigenvalue weighted by Crippen LogP contribution is 2.52. The molecule has 1 aliphatic carbocycles. The minimum atomic E-state index is -0.764. The summed E-state index contributed by atoms with van der Waals surface area (Å²) in [6.07, 6.45) is 8.89. The Balaban J connectivity index is 1.65. The average Bonchev–Trinajstić information content (AvgIpc) is 3.16. The molecule has 0 unspecified atom stereocenters. The maximum Gasteiger partial charge on any atom is 0.311 e. The summed E-state index contributed by atoms with van der Waals surface area (Å²) in [7, 11) is 0. The average molecular weight is 328 g/mol. The van der Waals surface area contributed by atoms with Gasteiger partial charge in [0.05, 0.1) is 11.0 Å². The molecule has 24 heavy (non-hydrogen) atoms. The van der Waals surface area contributed by atoms with E-state index in [-0.39, 0.29) is 18.0 Å². The standard InChI is InChI=1S/C19H24N2O3/c1-2-19(18(23)24)10-14-7-8-16(19)21(14)17(22)13-9-12-5-3-4-6-15(12)20-11-13/h9,11,14,16H,2-8,10H2,1H3,(H,23,24)/t14-,16+,19+/m0/s1. The summed E-state index contributed by atoms with van der Waals surface area (Å²) in [5.41, 5.74) is 2.18. The van der Waals surface area contributed by atoms with E-state index >= 15 is 0 Å². The summed E-state index contributed by atoms with van der Waals surface area (Å²) < 4.78 is 0. The molecule has 1 aromatic heterocycles. The van der Waals surface area contributed by atoms with Crippen LogP contribution in [0.2, 0.25) is 0 Å². The van der Waals surface area contributed by atoms with Crippen LogP contribution in [-0.4, -0.2) is 39.0 Å². The molecule has 2 saturated heterocycles. The lowest BCUT2D eigenvalue weighted by molar-refractivity contribution is -0.151. The highest BCUT2D eigenvalue weighted by Gasteiger charge is 2.60. The fraction of sp³-hybridized carbons (Fsp3) is 0.632. The molecule has 3 aliphatic rings. The van der Waals surface area contributed by atoms with Crippen LogP contribution in [-0.2, 0) is 17.6 Å². The first kappa shape index (κ1) is 15.6. The number of carboxylic acids is 1. The molecule has 5 nitrogen and oxygen atoms in total. The van der Waals surface area contributed by atoms with Crippen LogP contribution < -0.4 is 0 Å². The molecule has 1 amide bonds. The second kappa shape index (κ2) is 5.57. The molecule has 0 radical (unpaired) electrons. The number of hydrogen-bond donors (Lipinski definition) is 1. The van der Waals surface area contributed by atoms with Crippen LogP contribution in [0.1, 0.15) is 67.1 Å². The van der Waals surface area contributed by atoms with Crippen LogP contribution in [0.3, 0.4) is 0 Å². The Morgan fingerprint density at radius 2 is 2.12 bits per heavy atom. The molecule has 1 N–H and O–H groups in total. The molecule has 0 spiro atoms. The Morgan fingerprint density at radius 1 is 1.33 bits per heavy atom. The van der Waals surface area contributed by atoms with Gasteiger partial charge >= 0.3 is 5.97 Å². The van der Waals surface area contributed by atoms with E-state index in [1.54, 1.807) is 6.20 Å². The number of rotatable bonds is 3. The summed E-state index contributed by atoms with van der Waals surface area (Å²) in [4.78, 5) is 31.4. The molecule has 0 aromatic carbocycles. The van der Waals surface area contributed by atoms with Gasteiger partial charge in [-0.1, -0.05) is 6.92 Å². The lowest BCUT2D eigenvalue weighted by Gasteiger charge is -2.32. The summed E-state index contributed by atoms with van der Waals surface area (Å²) in [6.45, 7) is 1.93. The number of aliphatic carboxylic acids is 1. The van der Waals surface area contributed by atoms with E-state index in [0.717, 1.165) is 37.8 Å². The predicted octanol–water partition coefficient (Wildman–Crippen LogP) is 2.82. The third-order valence-corrected chi connectivity index (χ3v) is 6.45. The number of carboxylic acid groups (broad SMARTS) is 1. The lowest BCUT2D eigenvalue weighted by Crippen LogP contribution is -2.44. The zero-order valence-electron chi connectivity index (χ0n) is 14.1. The van der Waals surface area contributed by atoms with Gasteiger partial charge in [-0.25, -0.2) is 0 Å². The minimum Gasteiger partial charge on any atom is -0.481 e. The third kappa shape index (κ3) is 2.10. The van der Waals surface area contributed by atoms with Gasteiger partial charge in [0.2, 0.25) is 0 Å². The quantitative estimate of drug-likeness (QED) is 0.926. The topological polar surface area (TPSA) is 70.5 Å². The zero-order valence-corrected chi connectivity index (χ0v) is 14.1. The van der Waals surface area contributed by atoms with Gasteiger partial charge in [0.25, 0.3) is 5.91 Å². The number of nitrogens with zero attached hydrogens (tertiary/aromatic N) is 2. The number of hydrogen-bond acceptors (Lipinski definition) is 3. The molecule has 128 valence electrons. The summed E-state index contributed by atoms with van der Waals surface area (Å²) >= 11 is 0. The van der Waals surface area contributed by atoms with Crippen molar-refractivity contribution in [3.63, 3.8) is 0 Å². The summed E-state index contributed by atoms with van der Waals surface area (Å²) in [5, 5.41) is 9.76. The van der Waals surface area contributed by atoms with E-state index < -0.39 is 11.4 Å². The Hall–Kier alpha value is -1.91. The summed E-state index contributed by atoms with van der Waals surface area (Å²) in [6, 6.07) is 1.89. The molecular formula is C19H24N2O3. The Bertz CT molecular complexity index is 702. The number of pyridine rings is 1. The van der Waals surface area contributed by atoms with Crippen molar-refractivity contribution in [2.45, 2.75) is 70.4 Å².